The summed E-state index contributed by atoms with van der Waals surface area (Å²) in [6.07, 6.45) is 1.54. The Morgan fingerprint density at radius 2 is 2.42 bits per heavy atom. The lowest BCUT2D eigenvalue weighted by Gasteiger charge is -2.14. The summed E-state index contributed by atoms with van der Waals surface area (Å²) in [5.74, 6) is 0. The van der Waals surface area contributed by atoms with E-state index in [0.29, 0.717) is 10.8 Å². The lowest BCUT2D eigenvalue weighted by Crippen LogP contribution is -2.16. The van der Waals surface area contributed by atoms with Gasteiger partial charge in [0.05, 0.1) is 11.2 Å². The summed E-state index contributed by atoms with van der Waals surface area (Å²) in [7, 11) is 0. The average molecular weight is 204 g/mol. The molecule has 0 aromatic carbocycles. The van der Waals surface area contributed by atoms with E-state index in [4.69, 9.17) is 11.6 Å². The molecule has 1 heterocycles. The van der Waals surface area contributed by atoms with E-state index in [0.717, 1.165) is 12.0 Å². The van der Waals surface area contributed by atoms with Gasteiger partial charge >= 0.3 is 0 Å². The van der Waals surface area contributed by atoms with Gasteiger partial charge in [0.25, 0.3) is 0 Å². The summed E-state index contributed by atoms with van der Waals surface area (Å²) in [6, 6.07) is 0. The number of nitrogens with zero attached hydrogens (tertiary/aromatic N) is 1. The molecule has 0 fully saturated rings. The van der Waals surface area contributed by atoms with Crippen LogP contribution < -0.4 is 0 Å². The topological polar surface area (TPSA) is 30.0 Å². The van der Waals surface area contributed by atoms with Gasteiger partial charge in [0.2, 0.25) is 0 Å². The number of carbonyl (C=O) groups excluding carboxylic acids is 1. The van der Waals surface area contributed by atoms with Crippen LogP contribution >= 0.6 is 22.9 Å². The molecule has 1 aromatic rings. The molecule has 1 aromatic heterocycles. The Hall–Kier alpha value is -0.410. The minimum atomic E-state index is -0.363. The predicted octanol–water partition coefficient (Wildman–Crippen LogP) is 2.56. The van der Waals surface area contributed by atoms with Crippen molar-refractivity contribution in [1.29, 1.82) is 0 Å². The standard InChI is InChI=1S/C8H10ClNOS/c1-8(2,4-11)3-6-7(9)12-5-10-6/h4-5H,3H2,1-2H3. The first-order valence-electron chi connectivity index (χ1n) is 3.59. The molecule has 2 nitrogen and oxygen atoms in total. The van der Waals surface area contributed by atoms with E-state index in [9.17, 15) is 4.79 Å². The molecule has 1 rings (SSSR count). The Morgan fingerprint density at radius 1 is 1.75 bits per heavy atom. The summed E-state index contributed by atoms with van der Waals surface area (Å²) >= 11 is 7.24. The molecule has 0 amide bonds. The van der Waals surface area contributed by atoms with Crippen molar-refractivity contribution < 1.29 is 4.79 Å². The highest BCUT2D eigenvalue weighted by Crippen LogP contribution is 2.26. The largest absolute Gasteiger partial charge is 0.303 e. The molecule has 0 radical (unpaired) electrons. The Morgan fingerprint density at radius 3 is 2.83 bits per heavy atom. The van der Waals surface area contributed by atoms with E-state index >= 15 is 0 Å². The number of halogens is 1. The fourth-order valence-electron chi connectivity index (χ4n) is 0.843. The number of hydrogen-bond donors (Lipinski definition) is 0. The van der Waals surface area contributed by atoms with Gasteiger partial charge in [0.15, 0.2) is 0 Å². The summed E-state index contributed by atoms with van der Waals surface area (Å²) in [5, 5.41) is 0. The first-order chi connectivity index (χ1) is 5.55. The molecule has 0 N–H and O–H groups in total. The van der Waals surface area contributed by atoms with Gasteiger partial charge in [-0.3, -0.25) is 0 Å². The fourth-order valence-corrected chi connectivity index (χ4v) is 1.61. The van der Waals surface area contributed by atoms with Crippen LogP contribution in [0.15, 0.2) is 5.51 Å². The number of carbonyl (C=O) groups is 1. The fraction of sp³-hybridized carbons (Fsp3) is 0.500. The molecular formula is C8H10ClNOS. The van der Waals surface area contributed by atoms with Gasteiger partial charge < -0.3 is 4.79 Å². The van der Waals surface area contributed by atoms with E-state index in [1.807, 2.05) is 13.8 Å². The molecule has 0 unspecified atom stereocenters. The van der Waals surface area contributed by atoms with Gasteiger partial charge in [-0.05, 0) is 0 Å². The quantitative estimate of drug-likeness (QED) is 0.707. The monoisotopic (exact) mass is 203 g/mol. The van der Waals surface area contributed by atoms with Crippen molar-refractivity contribution in [1.82, 2.24) is 4.98 Å². The second-order valence-corrected chi connectivity index (χ2v) is 4.81. The molecule has 0 saturated heterocycles. The molecule has 0 bridgehead atoms. The number of rotatable bonds is 3. The van der Waals surface area contributed by atoms with E-state index in [2.05, 4.69) is 4.98 Å². The van der Waals surface area contributed by atoms with Crippen LogP contribution in [0, 0.1) is 5.41 Å². The maximum atomic E-state index is 10.6. The first kappa shape index (κ1) is 9.68. The second-order valence-electron chi connectivity index (χ2n) is 3.36. The molecule has 12 heavy (non-hydrogen) atoms. The molecule has 0 saturated carbocycles. The number of hydrogen-bond acceptors (Lipinski definition) is 3. The van der Waals surface area contributed by atoms with E-state index in [-0.39, 0.29) is 5.41 Å². The molecule has 4 heteroatoms. The van der Waals surface area contributed by atoms with Crippen molar-refractivity contribution in [2.45, 2.75) is 20.3 Å². The van der Waals surface area contributed by atoms with Gasteiger partial charge in [-0.15, -0.1) is 11.3 Å². The molecule has 0 aliphatic carbocycles. The third-order valence-electron chi connectivity index (χ3n) is 1.53. The summed E-state index contributed by atoms with van der Waals surface area (Å²) in [4.78, 5) is 14.7. The van der Waals surface area contributed by atoms with Crippen molar-refractivity contribution in [3.8, 4) is 0 Å². The maximum Gasteiger partial charge on any atom is 0.125 e. The maximum absolute atomic E-state index is 10.6. The molecule has 66 valence electrons. The number of thiazole rings is 1. The number of aromatic nitrogens is 1. The van der Waals surface area contributed by atoms with Gasteiger partial charge in [-0.25, -0.2) is 4.98 Å². The van der Waals surface area contributed by atoms with Crippen LogP contribution in [0.25, 0.3) is 0 Å². The van der Waals surface area contributed by atoms with Crippen LogP contribution in [0.4, 0.5) is 0 Å². The Kier molecular flexibility index (Phi) is 2.85. The van der Waals surface area contributed by atoms with Crippen LogP contribution in [0.3, 0.4) is 0 Å². The van der Waals surface area contributed by atoms with Crippen LogP contribution in [-0.2, 0) is 11.2 Å². The third-order valence-corrected chi connectivity index (χ3v) is 2.67. The zero-order valence-electron chi connectivity index (χ0n) is 7.00. The Balaban J connectivity index is 2.76. The molecule has 0 atom stereocenters. The average Bonchev–Trinajstić information content (AvgIpc) is 2.36. The van der Waals surface area contributed by atoms with Crippen molar-refractivity contribution in [3.05, 3.63) is 15.5 Å². The highest BCUT2D eigenvalue weighted by atomic mass is 35.5. The Labute approximate surface area is 80.6 Å². The van der Waals surface area contributed by atoms with Crippen LogP contribution in [0.5, 0.6) is 0 Å². The molecule has 0 aliphatic heterocycles. The van der Waals surface area contributed by atoms with E-state index in [1.165, 1.54) is 11.3 Å². The van der Waals surface area contributed by atoms with Crippen LogP contribution in [0.1, 0.15) is 19.5 Å². The molecule has 0 spiro atoms. The zero-order chi connectivity index (χ0) is 9.19. The minimum Gasteiger partial charge on any atom is -0.303 e. The molecular weight excluding hydrogens is 194 g/mol. The van der Waals surface area contributed by atoms with Crippen molar-refractivity contribution in [2.24, 2.45) is 5.41 Å². The van der Waals surface area contributed by atoms with Crippen molar-refractivity contribution in [2.75, 3.05) is 0 Å². The Bertz CT molecular complexity index is 282. The lowest BCUT2D eigenvalue weighted by molar-refractivity contribution is -0.114. The van der Waals surface area contributed by atoms with Crippen LogP contribution in [0.2, 0.25) is 4.34 Å². The van der Waals surface area contributed by atoms with E-state index in [1.54, 1.807) is 5.51 Å². The second kappa shape index (κ2) is 3.54. The van der Waals surface area contributed by atoms with Gasteiger partial charge in [-0.1, -0.05) is 25.4 Å². The highest BCUT2D eigenvalue weighted by Gasteiger charge is 2.20. The summed E-state index contributed by atoms with van der Waals surface area (Å²) in [6.45, 7) is 3.74. The van der Waals surface area contributed by atoms with Gasteiger partial charge in [0, 0.05) is 11.8 Å². The van der Waals surface area contributed by atoms with E-state index < -0.39 is 0 Å². The predicted molar refractivity (Wildman–Crippen MR) is 50.7 cm³/mol. The minimum absolute atomic E-state index is 0.363. The van der Waals surface area contributed by atoms with Gasteiger partial charge in [0.1, 0.15) is 10.6 Å². The summed E-state index contributed by atoms with van der Waals surface area (Å²) < 4.78 is 0.685. The SMILES string of the molecule is CC(C)(C=O)Cc1ncsc1Cl. The zero-order valence-corrected chi connectivity index (χ0v) is 8.58. The van der Waals surface area contributed by atoms with Gasteiger partial charge in [-0.2, -0.15) is 0 Å². The summed E-state index contributed by atoms with van der Waals surface area (Å²) in [5.41, 5.74) is 2.15. The lowest BCUT2D eigenvalue weighted by atomic mass is 9.90. The molecule has 0 aliphatic rings. The normalized spacial score (nSPS) is 11.6. The first-order valence-corrected chi connectivity index (χ1v) is 4.85. The van der Waals surface area contributed by atoms with Crippen molar-refractivity contribution >= 4 is 29.2 Å². The van der Waals surface area contributed by atoms with Crippen LogP contribution in [-0.4, -0.2) is 11.3 Å². The third kappa shape index (κ3) is 2.29. The van der Waals surface area contributed by atoms with Crippen molar-refractivity contribution in [3.63, 3.8) is 0 Å². The smallest absolute Gasteiger partial charge is 0.125 e. The number of aldehydes is 1. The highest BCUT2D eigenvalue weighted by molar-refractivity contribution is 7.14.